The highest BCUT2D eigenvalue weighted by atomic mass is 79.9. The zero-order valence-corrected chi connectivity index (χ0v) is 11.6. The van der Waals surface area contributed by atoms with Gasteiger partial charge in [0.25, 0.3) is 5.54 Å². The molecule has 2 aliphatic rings. The first-order chi connectivity index (χ1) is 8.92. The Kier molecular flexibility index (Phi) is 3.56. The molecule has 1 saturated heterocycles. The number of carbonyl (C=O) groups excluding carboxylic acids is 1. The molecule has 10 heteroatoms. The minimum absolute atomic E-state index is 0.258. The highest BCUT2D eigenvalue weighted by molar-refractivity contribution is 9.09. The Bertz CT molecular complexity index is 409. The quantitative estimate of drug-likeness (QED) is 0.432. The number of esters is 1. The van der Waals surface area contributed by atoms with E-state index in [4.69, 9.17) is 4.74 Å². The number of ether oxygens (including phenoxy) is 1. The monoisotopic (exact) mass is 370 g/mol. The molecule has 2 N–H and O–H groups in total. The average Bonchev–Trinajstić information content (AvgIpc) is 2.66. The van der Waals surface area contributed by atoms with Crippen LogP contribution in [0, 0.1) is 5.92 Å². The first kappa shape index (κ1) is 15.9. The summed E-state index contributed by atoms with van der Waals surface area (Å²) in [4.78, 5) is 9.82. The van der Waals surface area contributed by atoms with Gasteiger partial charge in [0.1, 0.15) is 6.04 Å². The van der Waals surface area contributed by atoms with E-state index in [9.17, 15) is 31.1 Å². The van der Waals surface area contributed by atoms with Gasteiger partial charge in [-0.25, -0.2) is 0 Å². The second-order valence-electron chi connectivity index (χ2n) is 5.04. The van der Waals surface area contributed by atoms with E-state index >= 15 is 0 Å². The maximum Gasteiger partial charge on any atom is 0.454 e. The Morgan fingerprint density at radius 2 is 1.75 bits per heavy atom. The molecule has 116 valence electrons. The molecule has 4 atom stereocenters. The summed E-state index contributed by atoms with van der Waals surface area (Å²) in [5.74, 6) is -2.45. The minimum Gasteiger partial charge on any atom is -0.456 e. The Labute approximate surface area is 118 Å². The van der Waals surface area contributed by atoms with Gasteiger partial charge in [-0.1, -0.05) is 15.9 Å². The van der Waals surface area contributed by atoms with Crippen LogP contribution in [0.1, 0.15) is 13.3 Å². The number of alkyl halides is 7. The second kappa shape index (κ2) is 4.49. The number of carbonyl (C=O) groups is 1. The van der Waals surface area contributed by atoms with Crippen LogP contribution in [0.4, 0.5) is 26.3 Å². The Morgan fingerprint density at radius 1 is 1.25 bits per heavy atom. The summed E-state index contributed by atoms with van der Waals surface area (Å²) < 4.78 is 83.1. The summed E-state index contributed by atoms with van der Waals surface area (Å²) in [6.45, 7) is 1.07. The van der Waals surface area contributed by atoms with Gasteiger partial charge < -0.3 is 10.1 Å². The molecule has 20 heavy (non-hydrogen) atoms. The van der Waals surface area contributed by atoms with Crippen molar-refractivity contribution < 1.29 is 41.2 Å². The number of quaternary nitrogens is 1. The summed E-state index contributed by atoms with van der Waals surface area (Å²) >= 11 is 2.90. The standard InChI is InChI=1S/C10H10BrF6NO2/c1-3(19)20-5-2-4-6(11)7(5)18-8(4,9(12,13)14)10(15,16)17/h4-7,18H,2H2,1H3/p+1/t4-,5+,6-,7+/m0/s1. The summed E-state index contributed by atoms with van der Waals surface area (Å²) in [7, 11) is 0. The Balaban J connectivity index is 2.37. The zero-order valence-electron chi connectivity index (χ0n) is 10.1. The van der Waals surface area contributed by atoms with Gasteiger partial charge in [-0.05, 0) is 0 Å². The van der Waals surface area contributed by atoms with E-state index in [-0.39, 0.29) is 5.32 Å². The molecule has 0 radical (unpaired) electrons. The van der Waals surface area contributed by atoms with Crippen LogP contribution in [-0.4, -0.2) is 40.8 Å². The number of halogens is 7. The molecule has 0 aromatic rings. The number of hydrogen-bond acceptors (Lipinski definition) is 2. The van der Waals surface area contributed by atoms with Crippen molar-refractivity contribution in [2.75, 3.05) is 0 Å². The average molecular weight is 371 g/mol. The molecular weight excluding hydrogens is 360 g/mol. The van der Waals surface area contributed by atoms with Crippen LogP contribution in [0.25, 0.3) is 0 Å². The van der Waals surface area contributed by atoms with Crippen molar-refractivity contribution >= 4 is 21.9 Å². The summed E-state index contributed by atoms with van der Waals surface area (Å²) in [5.41, 5.74) is -3.84. The molecule has 0 spiro atoms. The van der Waals surface area contributed by atoms with E-state index in [1.807, 2.05) is 0 Å². The maximum absolute atomic E-state index is 13.1. The van der Waals surface area contributed by atoms with Gasteiger partial charge in [-0.3, -0.25) is 4.79 Å². The third kappa shape index (κ3) is 2.02. The molecule has 0 unspecified atom stereocenters. The summed E-state index contributed by atoms with van der Waals surface area (Å²) in [6, 6.07) is -1.10. The van der Waals surface area contributed by atoms with Crippen molar-refractivity contribution in [3.05, 3.63) is 0 Å². The highest BCUT2D eigenvalue weighted by Crippen LogP contribution is 2.55. The largest absolute Gasteiger partial charge is 0.456 e. The number of fused-ring (bicyclic) bond motifs is 2. The van der Waals surface area contributed by atoms with Crippen LogP contribution in [0.5, 0.6) is 0 Å². The number of rotatable bonds is 1. The second-order valence-corrected chi connectivity index (χ2v) is 6.10. The minimum atomic E-state index is -5.43. The van der Waals surface area contributed by atoms with E-state index in [1.54, 1.807) is 0 Å². The molecule has 1 saturated carbocycles. The van der Waals surface area contributed by atoms with Gasteiger partial charge >= 0.3 is 18.3 Å². The molecule has 2 rings (SSSR count). The van der Waals surface area contributed by atoms with Crippen LogP contribution in [0.2, 0.25) is 0 Å². The predicted molar refractivity (Wildman–Crippen MR) is 56.9 cm³/mol. The lowest BCUT2D eigenvalue weighted by Crippen LogP contribution is -3.07. The smallest absolute Gasteiger partial charge is 0.454 e. The molecule has 2 bridgehead atoms. The maximum atomic E-state index is 13.1. The van der Waals surface area contributed by atoms with Gasteiger partial charge in [0, 0.05) is 13.3 Å². The summed E-state index contributed by atoms with van der Waals surface area (Å²) in [5, 5.41) is 0.258. The third-order valence-electron chi connectivity index (χ3n) is 3.96. The van der Waals surface area contributed by atoms with Gasteiger partial charge in [-0.15, -0.1) is 0 Å². The molecule has 0 aromatic carbocycles. The van der Waals surface area contributed by atoms with Gasteiger partial charge in [0.05, 0.1) is 10.7 Å². The molecule has 0 amide bonds. The lowest BCUT2D eigenvalue weighted by atomic mass is 9.82. The van der Waals surface area contributed by atoms with Crippen molar-refractivity contribution in [3.63, 3.8) is 0 Å². The van der Waals surface area contributed by atoms with Crippen molar-refractivity contribution in [2.24, 2.45) is 5.92 Å². The highest BCUT2D eigenvalue weighted by Gasteiger charge is 2.85. The Morgan fingerprint density at radius 3 is 2.05 bits per heavy atom. The van der Waals surface area contributed by atoms with Crippen molar-refractivity contribution in [2.45, 2.75) is 48.2 Å². The molecule has 1 aliphatic carbocycles. The van der Waals surface area contributed by atoms with Crippen LogP contribution < -0.4 is 5.32 Å². The van der Waals surface area contributed by atoms with Gasteiger partial charge in [0.2, 0.25) is 0 Å². The lowest BCUT2D eigenvalue weighted by molar-refractivity contribution is -0.799. The van der Waals surface area contributed by atoms with Crippen molar-refractivity contribution in [1.82, 2.24) is 0 Å². The predicted octanol–water partition coefficient (Wildman–Crippen LogP) is 1.51. The molecule has 1 aliphatic heterocycles. The number of nitrogens with two attached hydrogens (primary N) is 1. The van der Waals surface area contributed by atoms with Crippen molar-refractivity contribution in [3.8, 4) is 0 Å². The van der Waals surface area contributed by atoms with E-state index < -0.39 is 53.2 Å². The molecule has 0 aromatic heterocycles. The lowest BCUT2D eigenvalue weighted by Gasteiger charge is -2.38. The molecular formula is C10H11BrF6NO2+. The molecule has 2 fully saturated rings. The van der Waals surface area contributed by atoms with Crippen LogP contribution >= 0.6 is 15.9 Å². The van der Waals surface area contributed by atoms with E-state index in [0.29, 0.717) is 0 Å². The zero-order chi connectivity index (χ0) is 15.5. The van der Waals surface area contributed by atoms with Crippen LogP contribution in [0.3, 0.4) is 0 Å². The molecule has 3 nitrogen and oxygen atoms in total. The fourth-order valence-electron chi connectivity index (χ4n) is 3.18. The first-order valence-electron chi connectivity index (χ1n) is 5.72. The fourth-order valence-corrected chi connectivity index (χ4v) is 4.31. The number of hydrogen-bond donors (Lipinski definition) is 1. The third-order valence-corrected chi connectivity index (χ3v) is 5.21. The van der Waals surface area contributed by atoms with Gasteiger partial charge in [-0.2, -0.15) is 26.3 Å². The Hall–Kier alpha value is -0.510. The van der Waals surface area contributed by atoms with Crippen molar-refractivity contribution in [1.29, 1.82) is 0 Å². The van der Waals surface area contributed by atoms with Crippen LogP contribution in [-0.2, 0) is 9.53 Å². The van der Waals surface area contributed by atoms with E-state index in [1.165, 1.54) is 0 Å². The SMILES string of the molecule is CC(=O)O[C@@H]1C[C@H]2[C@H](Br)[C@@H]1[NH2+]C2(C(F)(F)F)C(F)(F)F. The van der Waals surface area contributed by atoms with E-state index in [2.05, 4.69) is 15.9 Å². The first-order valence-corrected chi connectivity index (χ1v) is 6.64. The van der Waals surface area contributed by atoms with Gasteiger partial charge in [0.15, 0.2) is 6.10 Å². The molecule has 1 heterocycles. The summed E-state index contributed by atoms with van der Waals surface area (Å²) in [6.07, 6.45) is -12.3. The number of piperidine rings is 1. The topological polar surface area (TPSA) is 42.9 Å². The normalized spacial score (nSPS) is 36.2. The van der Waals surface area contributed by atoms with E-state index in [0.717, 1.165) is 6.92 Å². The van der Waals surface area contributed by atoms with Crippen LogP contribution in [0.15, 0.2) is 0 Å². The fraction of sp³-hybridized carbons (Fsp3) is 0.900.